The average Bonchev–Trinajstić information content (AvgIpc) is 2.48. The molecular weight excluding hydrogens is 266 g/mol. The summed E-state index contributed by atoms with van der Waals surface area (Å²) >= 11 is 0. The number of hydrogen-bond acceptors (Lipinski definition) is 2. The van der Waals surface area contributed by atoms with Crippen molar-refractivity contribution in [3.63, 3.8) is 0 Å². The Morgan fingerprint density at radius 3 is 2.40 bits per heavy atom. The SMILES string of the molecule is CCCS(=O)Cc1ccc(-c2ccccc2CN)cc1. The van der Waals surface area contributed by atoms with Crippen molar-refractivity contribution in [2.75, 3.05) is 5.75 Å². The van der Waals surface area contributed by atoms with Gasteiger partial charge >= 0.3 is 0 Å². The smallest absolute Gasteiger partial charge is 0.0485 e. The molecule has 1 atom stereocenters. The van der Waals surface area contributed by atoms with E-state index in [1.165, 1.54) is 5.56 Å². The highest BCUT2D eigenvalue weighted by Gasteiger charge is 2.04. The number of hydrogen-bond donors (Lipinski definition) is 1. The van der Waals surface area contributed by atoms with E-state index in [1.54, 1.807) is 0 Å². The maximum absolute atomic E-state index is 11.8. The Kier molecular flexibility index (Phi) is 5.50. The van der Waals surface area contributed by atoms with Gasteiger partial charge in [-0.25, -0.2) is 0 Å². The lowest BCUT2D eigenvalue weighted by atomic mass is 9.99. The predicted octanol–water partition coefficient (Wildman–Crippen LogP) is 3.47. The molecule has 2 N–H and O–H groups in total. The Labute approximate surface area is 123 Å². The summed E-state index contributed by atoms with van der Waals surface area (Å²) in [5.74, 6) is 1.42. The molecule has 0 aliphatic heterocycles. The third kappa shape index (κ3) is 3.78. The third-order valence-corrected chi connectivity index (χ3v) is 4.78. The molecule has 3 heteroatoms. The molecule has 1 unspecified atom stereocenters. The minimum Gasteiger partial charge on any atom is -0.326 e. The zero-order valence-electron chi connectivity index (χ0n) is 11.8. The summed E-state index contributed by atoms with van der Waals surface area (Å²) < 4.78 is 11.8. The number of rotatable bonds is 6. The van der Waals surface area contributed by atoms with E-state index < -0.39 is 10.8 Å². The molecule has 0 fully saturated rings. The van der Waals surface area contributed by atoms with Gasteiger partial charge in [0.2, 0.25) is 0 Å². The van der Waals surface area contributed by atoms with E-state index in [4.69, 9.17) is 5.73 Å². The van der Waals surface area contributed by atoms with E-state index in [9.17, 15) is 4.21 Å². The Morgan fingerprint density at radius 1 is 1.05 bits per heavy atom. The van der Waals surface area contributed by atoms with Crippen LogP contribution in [0.1, 0.15) is 24.5 Å². The number of benzene rings is 2. The quantitative estimate of drug-likeness (QED) is 0.884. The molecule has 0 saturated heterocycles. The molecule has 2 aromatic carbocycles. The zero-order chi connectivity index (χ0) is 14.4. The lowest BCUT2D eigenvalue weighted by Crippen LogP contribution is -2.00. The molecule has 0 aliphatic carbocycles. The van der Waals surface area contributed by atoms with Gasteiger partial charge < -0.3 is 5.73 Å². The minimum atomic E-state index is -0.748. The Hall–Kier alpha value is -1.45. The summed E-state index contributed by atoms with van der Waals surface area (Å²) in [6.07, 6.45) is 0.967. The van der Waals surface area contributed by atoms with Crippen LogP contribution in [0.4, 0.5) is 0 Å². The lowest BCUT2D eigenvalue weighted by Gasteiger charge is -2.09. The molecule has 0 amide bonds. The molecule has 0 aliphatic rings. The maximum atomic E-state index is 11.8. The van der Waals surface area contributed by atoms with E-state index in [2.05, 4.69) is 43.3 Å². The van der Waals surface area contributed by atoms with Gasteiger partial charge in [0, 0.05) is 28.9 Å². The van der Waals surface area contributed by atoms with Crippen molar-refractivity contribution >= 4 is 10.8 Å². The topological polar surface area (TPSA) is 43.1 Å². The van der Waals surface area contributed by atoms with Gasteiger partial charge in [-0.1, -0.05) is 55.5 Å². The van der Waals surface area contributed by atoms with Gasteiger partial charge in [-0.15, -0.1) is 0 Å². The molecule has 106 valence electrons. The fourth-order valence-electron chi connectivity index (χ4n) is 2.25. The second-order valence-corrected chi connectivity index (χ2v) is 6.42. The van der Waals surface area contributed by atoms with Gasteiger partial charge in [-0.05, 0) is 28.7 Å². The largest absolute Gasteiger partial charge is 0.326 e. The highest BCUT2D eigenvalue weighted by Crippen LogP contribution is 2.24. The standard InChI is InChI=1S/C17H21NOS/c1-2-11-20(19)13-14-7-9-15(10-8-14)17-6-4-3-5-16(17)12-18/h3-10H,2,11-13,18H2,1H3. The summed E-state index contributed by atoms with van der Waals surface area (Å²) in [5, 5.41) is 0. The predicted molar refractivity (Wildman–Crippen MR) is 86.8 cm³/mol. The molecule has 20 heavy (non-hydrogen) atoms. The first-order chi connectivity index (χ1) is 9.74. The Bertz CT molecular complexity index is 578. The van der Waals surface area contributed by atoms with E-state index in [0.29, 0.717) is 12.3 Å². The second-order valence-electron chi connectivity index (χ2n) is 4.85. The van der Waals surface area contributed by atoms with Crippen molar-refractivity contribution in [1.82, 2.24) is 0 Å². The minimum absolute atomic E-state index is 0.540. The van der Waals surface area contributed by atoms with Crippen LogP contribution in [0.5, 0.6) is 0 Å². The summed E-state index contributed by atoms with van der Waals surface area (Å²) in [4.78, 5) is 0. The normalized spacial score (nSPS) is 12.3. The molecule has 2 rings (SSSR count). The summed E-state index contributed by atoms with van der Waals surface area (Å²) in [7, 11) is -0.748. The summed E-state index contributed by atoms with van der Waals surface area (Å²) in [5.41, 5.74) is 10.4. The van der Waals surface area contributed by atoms with Crippen LogP contribution in [0.25, 0.3) is 11.1 Å². The van der Waals surface area contributed by atoms with E-state index >= 15 is 0 Å². The van der Waals surface area contributed by atoms with Crippen LogP contribution >= 0.6 is 0 Å². The molecule has 0 spiro atoms. The van der Waals surface area contributed by atoms with Crippen LogP contribution in [-0.2, 0) is 23.1 Å². The van der Waals surface area contributed by atoms with Crippen LogP contribution in [0.2, 0.25) is 0 Å². The van der Waals surface area contributed by atoms with Crippen molar-refractivity contribution in [2.24, 2.45) is 5.73 Å². The van der Waals surface area contributed by atoms with Gasteiger partial charge in [0.25, 0.3) is 0 Å². The fraction of sp³-hybridized carbons (Fsp3) is 0.294. The first kappa shape index (κ1) is 14.9. The summed E-state index contributed by atoms with van der Waals surface area (Å²) in [6.45, 7) is 2.60. The first-order valence-corrected chi connectivity index (χ1v) is 8.45. The van der Waals surface area contributed by atoms with Crippen LogP contribution in [0, 0.1) is 0 Å². The van der Waals surface area contributed by atoms with Gasteiger partial charge in [0.05, 0.1) is 0 Å². The van der Waals surface area contributed by atoms with Crippen molar-refractivity contribution < 1.29 is 4.21 Å². The Balaban J connectivity index is 2.17. The third-order valence-electron chi connectivity index (χ3n) is 3.26. The van der Waals surface area contributed by atoms with E-state index in [0.717, 1.165) is 28.9 Å². The van der Waals surface area contributed by atoms with Crippen molar-refractivity contribution in [3.05, 3.63) is 59.7 Å². The van der Waals surface area contributed by atoms with Crippen LogP contribution < -0.4 is 5.73 Å². The molecule has 0 aromatic heterocycles. The van der Waals surface area contributed by atoms with Crippen molar-refractivity contribution in [2.45, 2.75) is 25.6 Å². The van der Waals surface area contributed by atoms with Gasteiger partial charge in [-0.2, -0.15) is 0 Å². The van der Waals surface area contributed by atoms with Crippen LogP contribution in [-0.4, -0.2) is 9.96 Å². The molecule has 2 aromatic rings. The zero-order valence-corrected chi connectivity index (χ0v) is 12.7. The monoisotopic (exact) mass is 287 g/mol. The molecule has 0 heterocycles. The molecule has 2 nitrogen and oxygen atoms in total. The van der Waals surface area contributed by atoms with Crippen molar-refractivity contribution in [1.29, 1.82) is 0 Å². The second kappa shape index (κ2) is 7.36. The lowest BCUT2D eigenvalue weighted by molar-refractivity contribution is 0.681. The molecule has 0 saturated carbocycles. The molecule has 0 radical (unpaired) electrons. The molecular formula is C17H21NOS. The van der Waals surface area contributed by atoms with Crippen LogP contribution in [0.15, 0.2) is 48.5 Å². The van der Waals surface area contributed by atoms with E-state index in [-0.39, 0.29) is 0 Å². The average molecular weight is 287 g/mol. The van der Waals surface area contributed by atoms with E-state index in [1.807, 2.05) is 12.1 Å². The van der Waals surface area contributed by atoms with Gasteiger partial charge in [0.1, 0.15) is 0 Å². The van der Waals surface area contributed by atoms with Crippen LogP contribution in [0.3, 0.4) is 0 Å². The highest BCUT2D eigenvalue weighted by molar-refractivity contribution is 7.84. The number of nitrogens with two attached hydrogens (primary N) is 1. The van der Waals surface area contributed by atoms with Crippen molar-refractivity contribution in [3.8, 4) is 11.1 Å². The maximum Gasteiger partial charge on any atom is 0.0485 e. The van der Waals surface area contributed by atoms with Gasteiger partial charge in [0.15, 0.2) is 0 Å². The fourth-order valence-corrected chi connectivity index (χ4v) is 3.41. The molecule has 0 bridgehead atoms. The first-order valence-electron chi connectivity index (χ1n) is 6.97. The van der Waals surface area contributed by atoms with Gasteiger partial charge in [-0.3, -0.25) is 4.21 Å². The summed E-state index contributed by atoms with van der Waals surface area (Å²) in [6, 6.07) is 16.5. The Morgan fingerprint density at radius 2 is 1.75 bits per heavy atom. The highest BCUT2D eigenvalue weighted by atomic mass is 32.2.